The van der Waals surface area contributed by atoms with Crippen LogP contribution in [0.4, 0.5) is 8.78 Å². The van der Waals surface area contributed by atoms with Crippen molar-refractivity contribution in [3.05, 3.63) is 23.3 Å². The Hall–Kier alpha value is -1.24. The van der Waals surface area contributed by atoms with Crippen LogP contribution in [0.25, 0.3) is 0 Å². The number of halogens is 2. The maximum absolute atomic E-state index is 12.9. The van der Waals surface area contributed by atoms with Gasteiger partial charge in [-0.3, -0.25) is 0 Å². The average molecular weight is 290 g/mol. The molecule has 1 heterocycles. The number of hydrogen-bond donors (Lipinski definition) is 0. The molecule has 4 nitrogen and oxygen atoms in total. The van der Waals surface area contributed by atoms with Gasteiger partial charge in [0.2, 0.25) is 0 Å². The lowest BCUT2D eigenvalue weighted by Crippen LogP contribution is -2.12. The smallest absolute Gasteiger partial charge is 0.341 e. The molecule has 1 rings (SSSR count). The molecule has 0 saturated carbocycles. The summed E-state index contributed by atoms with van der Waals surface area (Å²) in [5.41, 5.74) is -0.818. The first-order valence-corrected chi connectivity index (χ1v) is 7.14. The normalized spacial score (nSPS) is 10.8. The minimum atomic E-state index is -2.82. The first-order chi connectivity index (χ1) is 9.10. The van der Waals surface area contributed by atoms with Gasteiger partial charge in [-0.05, 0) is 19.1 Å². The van der Waals surface area contributed by atoms with Crippen molar-refractivity contribution in [3.63, 3.8) is 0 Å². The van der Waals surface area contributed by atoms with Crippen LogP contribution in [0.3, 0.4) is 0 Å². The molecule has 0 N–H and O–H groups in total. The van der Waals surface area contributed by atoms with Crippen LogP contribution in [0.2, 0.25) is 0 Å². The van der Waals surface area contributed by atoms with Gasteiger partial charge in [-0.2, -0.15) is 11.8 Å². The lowest BCUT2D eigenvalue weighted by atomic mass is 10.2. The van der Waals surface area contributed by atoms with E-state index < -0.39 is 18.1 Å². The molecule has 0 aliphatic rings. The van der Waals surface area contributed by atoms with Crippen molar-refractivity contribution in [2.45, 2.75) is 32.4 Å². The van der Waals surface area contributed by atoms with Crippen molar-refractivity contribution in [1.82, 2.24) is 9.97 Å². The van der Waals surface area contributed by atoms with Crippen LogP contribution in [0.15, 0.2) is 6.20 Å². The summed E-state index contributed by atoms with van der Waals surface area (Å²) in [5.74, 6) is 0.858. The zero-order valence-electron chi connectivity index (χ0n) is 10.9. The summed E-state index contributed by atoms with van der Waals surface area (Å²) in [6.07, 6.45) is -0.709. The Morgan fingerprint density at radius 3 is 2.79 bits per heavy atom. The third kappa shape index (κ3) is 4.74. The zero-order chi connectivity index (χ0) is 14.3. The molecular weight excluding hydrogens is 274 g/mol. The van der Waals surface area contributed by atoms with Crippen LogP contribution >= 0.6 is 11.8 Å². The molecule has 0 aliphatic heterocycles. The van der Waals surface area contributed by atoms with Crippen molar-refractivity contribution in [1.29, 1.82) is 0 Å². The molecule has 1 aromatic heterocycles. The lowest BCUT2D eigenvalue weighted by Gasteiger charge is -2.08. The molecule has 0 bridgehead atoms. The van der Waals surface area contributed by atoms with Crippen LogP contribution < -0.4 is 0 Å². The minimum Gasteiger partial charge on any atom is -0.462 e. The number of hydrogen-bond acceptors (Lipinski definition) is 5. The van der Waals surface area contributed by atoms with Gasteiger partial charge in [-0.15, -0.1) is 0 Å². The van der Waals surface area contributed by atoms with Crippen LogP contribution in [-0.4, -0.2) is 28.3 Å². The molecule has 0 saturated heterocycles. The van der Waals surface area contributed by atoms with Gasteiger partial charge in [0, 0.05) is 6.20 Å². The summed E-state index contributed by atoms with van der Waals surface area (Å²) in [6.45, 7) is 3.76. The fourth-order valence-corrected chi connectivity index (χ4v) is 2.10. The highest BCUT2D eigenvalue weighted by Gasteiger charge is 2.22. The van der Waals surface area contributed by atoms with E-state index in [9.17, 15) is 13.6 Å². The number of alkyl halides is 2. The Labute approximate surface area is 115 Å². The molecule has 0 radical (unpaired) electrons. The Kier molecular flexibility index (Phi) is 6.69. The predicted octanol–water partition coefficient (Wildman–Crippen LogP) is 3.23. The van der Waals surface area contributed by atoms with Gasteiger partial charge in [-0.25, -0.2) is 23.5 Å². The number of aromatic nitrogens is 2. The van der Waals surface area contributed by atoms with Crippen molar-refractivity contribution in [3.8, 4) is 0 Å². The molecule has 7 heteroatoms. The Morgan fingerprint density at radius 1 is 1.47 bits per heavy atom. The van der Waals surface area contributed by atoms with Crippen LogP contribution in [0, 0.1) is 0 Å². The van der Waals surface area contributed by atoms with Gasteiger partial charge >= 0.3 is 5.97 Å². The van der Waals surface area contributed by atoms with Crippen LogP contribution in [-0.2, 0) is 10.5 Å². The summed E-state index contributed by atoms with van der Waals surface area (Å²) in [4.78, 5) is 19.2. The van der Waals surface area contributed by atoms with E-state index in [0.29, 0.717) is 11.6 Å². The second-order valence-corrected chi connectivity index (χ2v) is 4.76. The minimum absolute atomic E-state index is 0.121. The maximum Gasteiger partial charge on any atom is 0.341 e. The SMILES string of the molecule is CCCSCc1ncc(C(=O)OCC)c(C(F)F)n1. The summed E-state index contributed by atoms with van der Waals surface area (Å²) in [6, 6.07) is 0. The van der Waals surface area contributed by atoms with Gasteiger partial charge in [-0.1, -0.05) is 6.92 Å². The third-order valence-corrected chi connectivity index (χ3v) is 3.31. The molecule has 0 aromatic carbocycles. The molecule has 0 fully saturated rings. The van der Waals surface area contributed by atoms with E-state index in [2.05, 4.69) is 9.97 Å². The molecule has 1 aromatic rings. The largest absolute Gasteiger partial charge is 0.462 e. The molecule has 0 unspecified atom stereocenters. The van der Waals surface area contributed by atoms with Gasteiger partial charge in [0.1, 0.15) is 17.1 Å². The summed E-state index contributed by atoms with van der Waals surface area (Å²) >= 11 is 1.57. The molecule has 19 heavy (non-hydrogen) atoms. The second-order valence-electron chi connectivity index (χ2n) is 3.66. The average Bonchev–Trinajstić information content (AvgIpc) is 2.39. The van der Waals surface area contributed by atoms with E-state index in [1.54, 1.807) is 18.7 Å². The fraction of sp³-hybridized carbons (Fsp3) is 0.583. The van der Waals surface area contributed by atoms with Crippen molar-refractivity contribution >= 4 is 17.7 Å². The molecule has 106 valence electrons. The molecule has 0 aliphatic carbocycles. The van der Waals surface area contributed by atoms with Crippen molar-refractivity contribution in [2.24, 2.45) is 0 Å². The van der Waals surface area contributed by atoms with Gasteiger partial charge in [0.15, 0.2) is 0 Å². The quantitative estimate of drug-likeness (QED) is 0.570. The molecule has 0 amide bonds. The van der Waals surface area contributed by atoms with E-state index in [1.807, 2.05) is 6.92 Å². The highest BCUT2D eigenvalue weighted by atomic mass is 32.2. The number of carbonyl (C=O) groups excluding carboxylic acids is 1. The lowest BCUT2D eigenvalue weighted by molar-refractivity contribution is 0.0512. The molecule has 0 atom stereocenters. The zero-order valence-corrected chi connectivity index (χ0v) is 11.7. The Bertz CT molecular complexity index is 430. The first kappa shape index (κ1) is 15.8. The Balaban J connectivity index is 2.91. The molecular formula is C12H16F2N2O2S. The number of nitrogens with zero attached hydrogens (tertiary/aromatic N) is 2. The topological polar surface area (TPSA) is 52.1 Å². The Morgan fingerprint density at radius 2 is 2.21 bits per heavy atom. The predicted molar refractivity (Wildman–Crippen MR) is 69.4 cm³/mol. The van der Waals surface area contributed by atoms with Gasteiger partial charge in [0.25, 0.3) is 6.43 Å². The van der Waals surface area contributed by atoms with E-state index >= 15 is 0 Å². The number of esters is 1. The maximum atomic E-state index is 12.9. The van der Waals surface area contributed by atoms with Gasteiger partial charge in [0.05, 0.1) is 12.4 Å². The molecule has 0 spiro atoms. The van der Waals surface area contributed by atoms with Crippen molar-refractivity contribution in [2.75, 3.05) is 12.4 Å². The van der Waals surface area contributed by atoms with E-state index in [0.717, 1.165) is 18.4 Å². The number of carbonyl (C=O) groups is 1. The number of ether oxygens (including phenoxy) is 1. The third-order valence-electron chi connectivity index (χ3n) is 2.15. The standard InChI is InChI=1S/C12H16F2N2O2S/c1-3-5-19-7-9-15-6-8(12(17)18-4-2)10(16-9)11(13)14/h6,11H,3-5,7H2,1-2H3. The van der Waals surface area contributed by atoms with Crippen LogP contribution in [0.1, 0.15) is 48.6 Å². The highest BCUT2D eigenvalue weighted by Crippen LogP contribution is 2.22. The highest BCUT2D eigenvalue weighted by molar-refractivity contribution is 7.98. The van der Waals surface area contributed by atoms with E-state index in [1.165, 1.54) is 0 Å². The van der Waals surface area contributed by atoms with E-state index in [-0.39, 0.29) is 12.2 Å². The summed E-state index contributed by atoms with van der Waals surface area (Å²) in [5, 5.41) is 0. The first-order valence-electron chi connectivity index (χ1n) is 5.98. The van der Waals surface area contributed by atoms with Crippen LogP contribution in [0.5, 0.6) is 0 Å². The number of rotatable bonds is 7. The summed E-state index contributed by atoms with van der Waals surface area (Å²) in [7, 11) is 0. The summed E-state index contributed by atoms with van der Waals surface area (Å²) < 4.78 is 30.5. The number of thioether (sulfide) groups is 1. The second kappa shape index (κ2) is 8.04. The van der Waals surface area contributed by atoms with Gasteiger partial charge < -0.3 is 4.74 Å². The fourth-order valence-electron chi connectivity index (χ4n) is 1.34. The van der Waals surface area contributed by atoms with E-state index in [4.69, 9.17) is 4.74 Å². The van der Waals surface area contributed by atoms with Crippen molar-refractivity contribution < 1.29 is 18.3 Å². The monoisotopic (exact) mass is 290 g/mol.